The molecule has 1 aliphatic rings. The van der Waals surface area contributed by atoms with Gasteiger partial charge in [-0.05, 0) is 22.6 Å². The van der Waals surface area contributed by atoms with Crippen LogP contribution in [0.1, 0.15) is 6.92 Å². The minimum absolute atomic E-state index is 0.358. The minimum atomic E-state index is -0.385. The van der Waals surface area contributed by atoms with Gasteiger partial charge in [0.1, 0.15) is 0 Å². The molecular formula is C10H12O2S. The highest BCUT2D eigenvalue weighted by molar-refractivity contribution is 8.25. The summed E-state index contributed by atoms with van der Waals surface area (Å²) in [6, 6.07) is 0. The Morgan fingerprint density at radius 3 is 2.62 bits per heavy atom. The summed E-state index contributed by atoms with van der Waals surface area (Å²) < 4.78 is 4.58. The molecule has 13 heavy (non-hydrogen) atoms. The molecule has 0 aromatic heterocycles. The average Bonchev–Trinajstić information content (AvgIpc) is 2.55. The van der Waals surface area contributed by atoms with Crippen LogP contribution < -0.4 is 0 Å². The lowest BCUT2D eigenvalue weighted by molar-refractivity contribution is -0.132. The van der Waals surface area contributed by atoms with Crippen molar-refractivity contribution in [2.45, 2.75) is 6.92 Å². The maximum Gasteiger partial charge on any atom is 0.336 e. The Balaban J connectivity index is 2.59. The summed E-state index contributed by atoms with van der Waals surface area (Å²) in [6.45, 7) is 5.24. The van der Waals surface area contributed by atoms with Crippen molar-refractivity contribution < 1.29 is 9.53 Å². The van der Waals surface area contributed by atoms with Gasteiger partial charge in [0, 0.05) is 6.08 Å². The molecule has 0 aromatic rings. The molecular weight excluding hydrogens is 184 g/mol. The van der Waals surface area contributed by atoms with Crippen LogP contribution >= 0.6 is 10.9 Å². The molecule has 0 aromatic carbocycles. The maximum absolute atomic E-state index is 11.0. The second-order valence-electron chi connectivity index (χ2n) is 2.48. The summed E-state index contributed by atoms with van der Waals surface area (Å²) in [7, 11) is -0.385. The molecule has 0 spiro atoms. The van der Waals surface area contributed by atoms with Crippen LogP contribution in [0.25, 0.3) is 0 Å². The van der Waals surface area contributed by atoms with E-state index in [2.05, 4.69) is 22.1 Å². The van der Waals surface area contributed by atoms with E-state index in [0.29, 0.717) is 0 Å². The third-order valence-electron chi connectivity index (χ3n) is 1.54. The number of carbonyl (C=O) groups is 1. The standard InChI is InChI=1S/C10H12O2S/c1-3-12-10(11)8-9(2)13-6-4-5-7-13/h3-8,13H,1H2,2H3. The van der Waals surface area contributed by atoms with Crippen LogP contribution in [0.4, 0.5) is 0 Å². The summed E-state index contributed by atoms with van der Waals surface area (Å²) in [6.07, 6.45) is 6.62. The molecule has 3 heteroatoms. The largest absolute Gasteiger partial charge is 0.432 e. The minimum Gasteiger partial charge on any atom is -0.432 e. The van der Waals surface area contributed by atoms with Gasteiger partial charge in [-0.2, -0.15) is 10.9 Å². The maximum atomic E-state index is 11.0. The Morgan fingerprint density at radius 1 is 1.46 bits per heavy atom. The summed E-state index contributed by atoms with van der Waals surface area (Å²) in [5.74, 6) is -0.358. The fraction of sp³-hybridized carbons (Fsp3) is 0.100. The molecule has 0 fully saturated rings. The first-order valence-electron chi connectivity index (χ1n) is 3.87. The van der Waals surface area contributed by atoms with E-state index < -0.39 is 0 Å². The van der Waals surface area contributed by atoms with Crippen LogP contribution in [0, 0.1) is 0 Å². The van der Waals surface area contributed by atoms with Gasteiger partial charge in [-0.15, -0.1) is 0 Å². The number of rotatable bonds is 3. The number of ether oxygens (including phenoxy) is 1. The highest BCUT2D eigenvalue weighted by atomic mass is 32.2. The van der Waals surface area contributed by atoms with Gasteiger partial charge < -0.3 is 4.74 Å². The lowest BCUT2D eigenvalue weighted by Crippen LogP contribution is -1.94. The molecule has 0 radical (unpaired) electrons. The Labute approximate surface area is 80.6 Å². The van der Waals surface area contributed by atoms with Crippen LogP contribution in [-0.2, 0) is 9.53 Å². The third-order valence-corrected chi connectivity index (χ3v) is 3.47. The van der Waals surface area contributed by atoms with Crippen molar-refractivity contribution >= 4 is 16.9 Å². The summed E-state index contributed by atoms with van der Waals surface area (Å²) in [5.41, 5.74) is 0. The first kappa shape index (κ1) is 9.86. The van der Waals surface area contributed by atoms with E-state index in [1.54, 1.807) is 0 Å². The van der Waals surface area contributed by atoms with Crippen LogP contribution in [0.5, 0.6) is 0 Å². The quantitative estimate of drug-likeness (QED) is 0.325. The molecule has 0 bridgehead atoms. The number of carbonyl (C=O) groups excluding carboxylic acids is 1. The fourth-order valence-electron chi connectivity index (χ4n) is 0.931. The van der Waals surface area contributed by atoms with Gasteiger partial charge in [0.05, 0.1) is 6.26 Å². The first-order chi connectivity index (χ1) is 6.24. The van der Waals surface area contributed by atoms with Crippen molar-refractivity contribution in [1.29, 1.82) is 0 Å². The monoisotopic (exact) mass is 196 g/mol. The van der Waals surface area contributed by atoms with Crippen LogP contribution in [-0.4, -0.2) is 5.97 Å². The fourth-order valence-corrected chi connectivity index (χ4v) is 2.32. The van der Waals surface area contributed by atoms with Crippen molar-refractivity contribution in [3.8, 4) is 0 Å². The topological polar surface area (TPSA) is 26.3 Å². The molecule has 2 nitrogen and oxygen atoms in total. The van der Waals surface area contributed by atoms with E-state index in [-0.39, 0.29) is 16.9 Å². The smallest absolute Gasteiger partial charge is 0.336 e. The van der Waals surface area contributed by atoms with Crippen LogP contribution in [0.3, 0.4) is 0 Å². The Hall–Kier alpha value is -1.22. The molecule has 1 rings (SSSR count). The molecule has 0 saturated carbocycles. The number of esters is 1. The third kappa shape index (κ3) is 2.95. The van der Waals surface area contributed by atoms with E-state index >= 15 is 0 Å². The highest BCUT2D eigenvalue weighted by Gasteiger charge is 2.03. The average molecular weight is 196 g/mol. The van der Waals surface area contributed by atoms with Crippen molar-refractivity contribution in [2.75, 3.05) is 0 Å². The predicted octanol–water partition coefficient (Wildman–Crippen LogP) is 2.62. The van der Waals surface area contributed by atoms with Gasteiger partial charge in [-0.1, -0.05) is 18.7 Å². The number of thiol groups is 1. The van der Waals surface area contributed by atoms with Crippen LogP contribution in [0.15, 0.2) is 46.8 Å². The Kier molecular flexibility index (Phi) is 3.58. The van der Waals surface area contributed by atoms with E-state index in [1.807, 2.05) is 19.1 Å². The van der Waals surface area contributed by atoms with Gasteiger partial charge in [0.2, 0.25) is 0 Å². The van der Waals surface area contributed by atoms with Gasteiger partial charge in [-0.25, -0.2) is 4.79 Å². The molecule has 1 heterocycles. The zero-order chi connectivity index (χ0) is 9.68. The predicted molar refractivity (Wildman–Crippen MR) is 57.3 cm³/mol. The van der Waals surface area contributed by atoms with E-state index in [0.717, 1.165) is 11.2 Å². The lowest BCUT2D eigenvalue weighted by atomic mass is 10.5. The van der Waals surface area contributed by atoms with E-state index in [9.17, 15) is 4.79 Å². The van der Waals surface area contributed by atoms with Crippen molar-refractivity contribution in [1.82, 2.24) is 0 Å². The number of hydrogen-bond donors (Lipinski definition) is 1. The molecule has 0 saturated heterocycles. The van der Waals surface area contributed by atoms with Gasteiger partial charge in [0.25, 0.3) is 0 Å². The second-order valence-corrected chi connectivity index (χ2v) is 4.60. The molecule has 0 atom stereocenters. The van der Waals surface area contributed by atoms with E-state index in [4.69, 9.17) is 0 Å². The van der Waals surface area contributed by atoms with Gasteiger partial charge in [0.15, 0.2) is 0 Å². The summed E-state index contributed by atoms with van der Waals surface area (Å²) in [4.78, 5) is 12.0. The molecule has 0 N–H and O–H groups in total. The van der Waals surface area contributed by atoms with Crippen molar-refractivity contribution in [2.24, 2.45) is 0 Å². The number of hydrogen-bond acceptors (Lipinski definition) is 2. The first-order valence-corrected chi connectivity index (χ1v) is 5.35. The van der Waals surface area contributed by atoms with Crippen molar-refractivity contribution in [3.63, 3.8) is 0 Å². The molecule has 0 amide bonds. The SMILES string of the molecule is C=COC(=O)C=C(C)[SH]1C=CC=C1. The zero-order valence-electron chi connectivity index (χ0n) is 7.43. The molecule has 70 valence electrons. The number of allylic oxidation sites excluding steroid dienone is 3. The zero-order valence-corrected chi connectivity index (χ0v) is 8.33. The normalized spacial score (nSPS) is 17.6. The molecule has 1 aliphatic heterocycles. The molecule has 0 aliphatic carbocycles. The Morgan fingerprint density at radius 2 is 2.08 bits per heavy atom. The van der Waals surface area contributed by atoms with E-state index in [1.165, 1.54) is 6.08 Å². The highest BCUT2D eigenvalue weighted by Crippen LogP contribution is 2.40. The summed E-state index contributed by atoms with van der Waals surface area (Å²) >= 11 is 0. The second kappa shape index (κ2) is 4.72. The van der Waals surface area contributed by atoms with Crippen molar-refractivity contribution in [3.05, 3.63) is 46.8 Å². The van der Waals surface area contributed by atoms with Crippen LogP contribution in [0.2, 0.25) is 0 Å². The molecule has 0 unspecified atom stereocenters. The van der Waals surface area contributed by atoms with Gasteiger partial charge >= 0.3 is 5.97 Å². The Bertz CT molecular complexity index is 288. The lowest BCUT2D eigenvalue weighted by Gasteiger charge is -2.09. The summed E-state index contributed by atoms with van der Waals surface area (Å²) in [5, 5.41) is 4.17. The van der Waals surface area contributed by atoms with Gasteiger partial charge in [-0.3, -0.25) is 0 Å².